The Bertz CT molecular complexity index is 1110. The first-order chi connectivity index (χ1) is 13.7. The molecule has 0 unspecified atom stereocenters. The molecule has 0 spiro atoms. The highest BCUT2D eigenvalue weighted by atomic mass is 35.5. The molecule has 2 aromatic carbocycles. The number of thiazole rings is 1. The minimum Gasteiger partial charge on any atom is -0.326 e. The van der Waals surface area contributed by atoms with Gasteiger partial charge in [0.25, 0.3) is 0 Å². The lowest BCUT2D eigenvalue weighted by Gasteiger charge is -2.08. The molecule has 0 fully saturated rings. The van der Waals surface area contributed by atoms with Crippen molar-refractivity contribution < 1.29 is 4.79 Å². The fraction of sp³-hybridized carbons (Fsp3) is 0.0455. The van der Waals surface area contributed by atoms with Crippen LogP contribution in [0.25, 0.3) is 21.8 Å². The first kappa shape index (κ1) is 18.3. The summed E-state index contributed by atoms with van der Waals surface area (Å²) in [7, 11) is 0. The van der Waals surface area contributed by atoms with Crippen LogP contribution >= 0.6 is 22.9 Å². The molecule has 0 aliphatic rings. The summed E-state index contributed by atoms with van der Waals surface area (Å²) in [4.78, 5) is 21.2. The predicted octanol–water partition coefficient (Wildman–Crippen LogP) is 5.71. The van der Waals surface area contributed by atoms with Crippen molar-refractivity contribution in [2.75, 3.05) is 5.32 Å². The van der Waals surface area contributed by atoms with Crippen molar-refractivity contribution in [3.05, 3.63) is 89.0 Å². The van der Waals surface area contributed by atoms with E-state index in [1.165, 1.54) is 0 Å². The number of carbonyl (C=O) groups is 1. The van der Waals surface area contributed by atoms with Crippen LogP contribution in [0, 0.1) is 0 Å². The van der Waals surface area contributed by atoms with Crippen molar-refractivity contribution >= 4 is 34.5 Å². The molecule has 1 N–H and O–H groups in total. The van der Waals surface area contributed by atoms with Crippen LogP contribution in [0.4, 0.5) is 5.69 Å². The van der Waals surface area contributed by atoms with E-state index in [4.69, 9.17) is 16.6 Å². The van der Waals surface area contributed by atoms with Crippen molar-refractivity contribution in [2.45, 2.75) is 6.42 Å². The monoisotopic (exact) mass is 405 g/mol. The van der Waals surface area contributed by atoms with E-state index in [0.717, 1.165) is 33.1 Å². The molecule has 0 saturated carbocycles. The first-order valence-electron chi connectivity index (χ1n) is 8.69. The average molecular weight is 406 g/mol. The van der Waals surface area contributed by atoms with Crippen LogP contribution in [0.5, 0.6) is 0 Å². The van der Waals surface area contributed by atoms with Crippen LogP contribution in [0.2, 0.25) is 5.02 Å². The zero-order valence-electron chi connectivity index (χ0n) is 14.8. The minimum absolute atomic E-state index is 0.112. The lowest BCUT2D eigenvalue weighted by Crippen LogP contribution is -2.14. The normalized spacial score (nSPS) is 10.6. The summed E-state index contributed by atoms with van der Waals surface area (Å²) in [6.07, 6.45) is 3.77. The van der Waals surface area contributed by atoms with Gasteiger partial charge in [-0.25, -0.2) is 4.98 Å². The highest BCUT2D eigenvalue weighted by Crippen LogP contribution is 2.29. The molecule has 2 aromatic heterocycles. The maximum Gasteiger partial charge on any atom is 0.228 e. The Balaban J connectivity index is 1.50. The van der Waals surface area contributed by atoms with Gasteiger partial charge >= 0.3 is 0 Å². The number of hydrogen-bond donors (Lipinski definition) is 1. The number of nitrogens with zero attached hydrogens (tertiary/aromatic N) is 2. The van der Waals surface area contributed by atoms with Crippen LogP contribution in [-0.2, 0) is 11.2 Å². The van der Waals surface area contributed by atoms with Crippen molar-refractivity contribution in [3.63, 3.8) is 0 Å². The second-order valence-corrected chi connectivity index (χ2v) is 7.44. The fourth-order valence-electron chi connectivity index (χ4n) is 2.80. The topological polar surface area (TPSA) is 54.9 Å². The van der Waals surface area contributed by atoms with E-state index in [9.17, 15) is 4.79 Å². The summed E-state index contributed by atoms with van der Waals surface area (Å²) < 4.78 is 0. The molecule has 0 atom stereocenters. The third kappa shape index (κ3) is 4.27. The minimum atomic E-state index is -0.112. The molecule has 28 heavy (non-hydrogen) atoms. The van der Waals surface area contributed by atoms with Gasteiger partial charge in [0.15, 0.2) is 0 Å². The molecular formula is C22H16ClN3OS. The molecular weight excluding hydrogens is 390 g/mol. The van der Waals surface area contributed by atoms with Gasteiger partial charge < -0.3 is 5.32 Å². The van der Waals surface area contributed by atoms with Crippen molar-refractivity contribution in [1.82, 2.24) is 9.97 Å². The van der Waals surface area contributed by atoms with E-state index in [0.29, 0.717) is 5.02 Å². The Kier molecular flexibility index (Phi) is 5.46. The summed E-state index contributed by atoms with van der Waals surface area (Å²) >= 11 is 7.71. The fourth-order valence-corrected chi connectivity index (χ4v) is 3.83. The van der Waals surface area contributed by atoms with Gasteiger partial charge in [0.2, 0.25) is 5.91 Å². The van der Waals surface area contributed by atoms with Crippen LogP contribution in [0.1, 0.15) is 5.56 Å². The van der Waals surface area contributed by atoms with Gasteiger partial charge in [-0.2, -0.15) is 0 Å². The van der Waals surface area contributed by atoms with Crippen molar-refractivity contribution in [1.29, 1.82) is 0 Å². The number of hydrogen-bond acceptors (Lipinski definition) is 4. The molecule has 0 aliphatic heterocycles. The standard InChI is InChI=1S/C22H16ClN3OS/c23-19-9-2-1-5-15(19)12-21(27)25-18-8-3-6-16(11-18)20-14-28-22(26-20)17-7-4-10-24-13-17/h1-11,13-14H,12H2,(H,25,27). The van der Waals surface area contributed by atoms with E-state index < -0.39 is 0 Å². The van der Waals surface area contributed by atoms with Gasteiger partial charge in [-0.05, 0) is 35.9 Å². The number of benzene rings is 2. The third-order valence-corrected chi connectivity index (χ3v) is 5.42. The quantitative estimate of drug-likeness (QED) is 0.463. The number of pyridine rings is 1. The summed E-state index contributed by atoms with van der Waals surface area (Å²) in [5.74, 6) is -0.112. The van der Waals surface area contributed by atoms with Gasteiger partial charge in [-0.15, -0.1) is 11.3 Å². The number of rotatable bonds is 5. The predicted molar refractivity (Wildman–Crippen MR) is 115 cm³/mol. The van der Waals surface area contributed by atoms with Gasteiger partial charge in [0.05, 0.1) is 12.1 Å². The molecule has 0 saturated heterocycles. The summed E-state index contributed by atoms with van der Waals surface area (Å²) in [5, 5.41) is 6.45. The Labute approximate surface area is 171 Å². The Hall–Kier alpha value is -3.02. The van der Waals surface area contributed by atoms with Crippen LogP contribution in [-0.4, -0.2) is 15.9 Å². The zero-order valence-corrected chi connectivity index (χ0v) is 16.4. The molecule has 1 amide bonds. The highest BCUT2D eigenvalue weighted by molar-refractivity contribution is 7.13. The molecule has 4 rings (SSSR count). The zero-order chi connectivity index (χ0) is 19.3. The van der Waals surface area contributed by atoms with E-state index >= 15 is 0 Å². The van der Waals surface area contributed by atoms with Gasteiger partial charge in [-0.3, -0.25) is 9.78 Å². The number of aromatic nitrogens is 2. The second kappa shape index (κ2) is 8.33. The van der Waals surface area contributed by atoms with Gasteiger partial charge in [-0.1, -0.05) is 41.9 Å². The maximum atomic E-state index is 12.4. The smallest absolute Gasteiger partial charge is 0.228 e. The van der Waals surface area contributed by atoms with E-state index in [2.05, 4.69) is 10.3 Å². The average Bonchev–Trinajstić information content (AvgIpc) is 3.21. The van der Waals surface area contributed by atoms with Crippen LogP contribution in [0.3, 0.4) is 0 Å². The lowest BCUT2D eigenvalue weighted by molar-refractivity contribution is -0.115. The Morgan fingerprint density at radius 3 is 2.71 bits per heavy atom. The van der Waals surface area contributed by atoms with Crippen molar-refractivity contribution in [2.24, 2.45) is 0 Å². The molecule has 0 aliphatic carbocycles. The summed E-state index contributed by atoms with van der Waals surface area (Å²) in [6.45, 7) is 0. The molecule has 4 nitrogen and oxygen atoms in total. The summed E-state index contributed by atoms with van der Waals surface area (Å²) in [5.41, 5.74) is 4.33. The lowest BCUT2D eigenvalue weighted by atomic mass is 10.1. The number of anilines is 1. The third-order valence-electron chi connectivity index (χ3n) is 4.16. The summed E-state index contributed by atoms with van der Waals surface area (Å²) in [6, 6.07) is 18.9. The molecule has 6 heteroatoms. The second-order valence-electron chi connectivity index (χ2n) is 6.18. The Morgan fingerprint density at radius 1 is 1.04 bits per heavy atom. The molecule has 138 valence electrons. The van der Waals surface area contributed by atoms with Gasteiger partial charge in [0, 0.05) is 39.6 Å². The number of carbonyl (C=O) groups excluding carboxylic acids is 1. The first-order valence-corrected chi connectivity index (χ1v) is 9.94. The molecule has 4 aromatic rings. The maximum absolute atomic E-state index is 12.4. The largest absolute Gasteiger partial charge is 0.326 e. The molecule has 2 heterocycles. The van der Waals surface area contributed by atoms with Crippen LogP contribution in [0.15, 0.2) is 78.4 Å². The molecule has 0 radical (unpaired) electrons. The number of halogens is 1. The SMILES string of the molecule is O=C(Cc1ccccc1Cl)Nc1cccc(-c2csc(-c3cccnc3)n2)c1. The number of amides is 1. The highest BCUT2D eigenvalue weighted by Gasteiger charge is 2.10. The Morgan fingerprint density at radius 2 is 1.89 bits per heavy atom. The van der Waals surface area contributed by atoms with Crippen LogP contribution < -0.4 is 5.32 Å². The van der Waals surface area contributed by atoms with Gasteiger partial charge in [0.1, 0.15) is 5.01 Å². The van der Waals surface area contributed by atoms with E-state index in [1.54, 1.807) is 29.8 Å². The van der Waals surface area contributed by atoms with E-state index in [-0.39, 0.29) is 12.3 Å². The molecule has 0 bridgehead atoms. The van der Waals surface area contributed by atoms with E-state index in [1.807, 2.05) is 60.0 Å². The number of nitrogens with one attached hydrogen (secondary N) is 1. The van der Waals surface area contributed by atoms with Crippen molar-refractivity contribution in [3.8, 4) is 21.8 Å².